The van der Waals surface area contributed by atoms with E-state index in [1.165, 1.54) is 11.0 Å². The number of benzene rings is 2. The molecular formula is C24H30BrN3O6S. The van der Waals surface area contributed by atoms with E-state index >= 15 is 0 Å². The van der Waals surface area contributed by atoms with E-state index in [-0.39, 0.29) is 24.2 Å². The first-order valence-electron chi connectivity index (χ1n) is 11.2. The van der Waals surface area contributed by atoms with Gasteiger partial charge in [0.15, 0.2) is 11.5 Å². The molecule has 9 nitrogen and oxygen atoms in total. The van der Waals surface area contributed by atoms with Gasteiger partial charge in [0.05, 0.1) is 11.9 Å². The second kappa shape index (κ2) is 11.3. The third-order valence-corrected chi connectivity index (χ3v) is 6.97. The van der Waals surface area contributed by atoms with Crippen molar-refractivity contribution in [1.29, 1.82) is 0 Å². The van der Waals surface area contributed by atoms with E-state index in [2.05, 4.69) is 21.2 Å². The van der Waals surface area contributed by atoms with Crippen LogP contribution >= 0.6 is 15.9 Å². The van der Waals surface area contributed by atoms with Gasteiger partial charge in [0.2, 0.25) is 21.8 Å². The Labute approximate surface area is 214 Å². The minimum atomic E-state index is -3.84. The average Bonchev–Trinajstić information content (AvgIpc) is 2.79. The van der Waals surface area contributed by atoms with Crippen LogP contribution in [0.15, 0.2) is 46.9 Å². The summed E-state index contributed by atoms with van der Waals surface area (Å²) in [6.45, 7) is 5.69. The van der Waals surface area contributed by atoms with Crippen LogP contribution in [-0.4, -0.2) is 63.2 Å². The first-order valence-corrected chi connectivity index (χ1v) is 13.8. The first-order chi connectivity index (χ1) is 16.5. The average molecular weight is 568 g/mol. The van der Waals surface area contributed by atoms with Crippen LogP contribution in [0.4, 0.5) is 5.69 Å². The zero-order chi connectivity index (χ0) is 25.8. The summed E-state index contributed by atoms with van der Waals surface area (Å²) in [6, 6.07) is 11.2. The normalized spacial score (nSPS) is 13.8. The van der Waals surface area contributed by atoms with Crippen molar-refractivity contribution in [1.82, 2.24) is 10.2 Å². The van der Waals surface area contributed by atoms with Crippen molar-refractivity contribution in [2.75, 3.05) is 30.3 Å². The van der Waals surface area contributed by atoms with Gasteiger partial charge >= 0.3 is 0 Å². The maximum Gasteiger partial charge on any atom is 0.244 e. The van der Waals surface area contributed by atoms with E-state index in [0.717, 1.165) is 20.6 Å². The fourth-order valence-corrected chi connectivity index (χ4v) is 4.91. The van der Waals surface area contributed by atoms with Crippen LogP contribution in [0.3, 0.4) is 0 Å². The molecule has 0 aliphatic carbocycles. The van der Waals surface area contributed by atoms with Crippen molar-refractivity contribution in [3.05, 3.63) is 52.5 Å². The minimum Gasteiger partial charge on any atom is -0.486 e. The third kappa shape index (κ3) is 7.11. The maximum absolute atomic E-state index is 13.6. The molecule has 1 aliphatic heterocycles. The topological polar surface area (TPSA) is 105 Å². The maximum atomic E-state index is 13.6. The molecule has 3 rings (SSSR count). The lowest BCUT2D eigenvalue weighted by molar-refractivity contribution is -0.139. The summed E-state index contributed by atoms with van der Waals surface area (Å²) in [4.78, 5) is 27.7. The van der Waals surface area contributed by atoms with E-state index in [1.807, 2.05) is 38.1 Å². The lowest BCUT2D eigenvalue weighted by Crippen LogP contribution is -2.52. The molecule has 1 heterocycles. The minimum absolute atomic E-state index is 0.113. The fraction of sp³-hybridized carbons (Fsp3) is 0.417. The van der Waals surface area contributed by atoms with E-state index < -0.39 is 28.5 Å². The molecule has 2 aromatic carbocycles. The molecular weight excluding hydrogens is 538 g/mol. The molecule has 35 heavy (non-hydrogen) atoms. The largest absolute Gasteiger partial charge is 0.486 e. The second-order valence-electron chi connectivity index (χ2n) is 8.59. The number of nitrogens with one attached hydrogen (secondary N) is 1. The summed E-state index contributed by atoms with van der Waals surface area (Å²) in [6.07, 6.45) is 1.03. The highest BCUT2D eigenvalue weighted by molar-refractivity contribution is 9.10. The Morgan fingerprint density at radius 3 is 2.37 bits per heavy atom. The zero-order valence-electron chi connectivity index (χ0n) is 20.2. The molecule has 190 valence electrons. The molecule has 0 saturated heterocycles. The molecule has 11 heteroatoms. The van der Waals surface area contributed by atoms with Crippen LogP contribution in [0, 0.1) is 0 Å². The highest BCUT2D eigenvalue weighted by atomic mass is 79.9. The lowest BCUT2D eigenvalue weighted by atomic mass is 10.1. The summed E-state index contributed by atoms with van der Waals surface area (Å²) in [7, 11) is -3.84. The number of rotatable bonds is 9. The Hall–Kier alpha value is -2.79. The molecule has 0 aromatic heterocycles. The Bertz CT molecular complexity index is 1190. The molecule has 1 aliphatic rings. The number of nitrogens with zero attached hydrogens (tertiary/aromatic N) is 2. The Balaban J connectivity index is 1.92. The van der Waals surface area contributed by atoms with Gasteiger partial charge in [-0.05, 0) is 50.6 Å². The molecule has 0 spiro atoms. The predicted octanol–water partition coefficient (Wildman–Crippen LogP) is 2.93. The van der Waals surface area contributed by atoms with Gasteiger partial charge in [0.1, 0.15) is 25.8 Å². The Morgan fingerprint density at radius 1 is 1.06 bits per heavy atom. The number of carbonyl (C=O) groups excluding carboxylic acids is 2. The molecule has 2 aromatic rings. The number of carbonyl (C=O) groups is 2. The molecule has 0 radical (unpaired) electrons. The van der Waals surface area contributed by atoms with Gasteiger partial charge in [0, 0.05) is 23.1 Å². The summed E-state index contributed by atoms with van der Waals surface area (Å²) in [5.74, 6) is 0.0748. The van der Waals surface area contributed by atoms with Crippen LogP contribution < -0.4 is 19.1 Å². The van der Waals surface area contributed by atoms with Crippen molar-refractivity contribution >= 4 is 43.5 Å². The number of sulfonamides is 1. The van der Waals surface area contributed by atoms with E-state index in [0.29, 0.717) is 24.7 Å². The van der Waals surface area contributed by atoms with Crippen LogP contribution in [0.5, 0.6) is 11.5 Å². The van der Waals surface area contributed by atoms with Crippen molar-refractivity contribution in [3.63, 3.8) is 0 Å². The SMILES string of the molecule is CC(C)NC(=O)[C@@H](C)N(Cc1cccc(Br)c1)C(=O)CN(c1ccc2c(c1)OCCO2)S(C)(=O)=O. The first kappa shape index (κ1) is 26.8. The lowest BCUT2D eigenvalue weighted by Gasteiger charge is -2.32. The fourth-order valence-electron chi connectivity index (χ4n) is 3.62. The predicted molar refractivity (Wildman–Crippen MR) is 137 cm³/mol. The number of anilines is 1. The monoisotopic (exact) mass is 567 g/mol. The number of amides is 2. The Morgan fingerprint density at radius 2 is 1.74 bits per heavy atom. The Kier molecular flexibility index (Phi) is 8.65. The molecule has 1 N–H and O–H groups in total. The molecule has 1 atom stereocenters. The number of halogens is 1. The molecule has 0 bridgehead atoms. The van der Waals surface area contributed by atoms with Crippen molar-refractivity contribution < 1.29 is 27.5 Å². The van der Waals surface area contributed by atoms with E-state index in [1.54, 1.807) is 19.1 Å². The van der Waals surface area contributed by atoms with E-state index in [4.69, 9.17) is 9.47 Å². The van der Waals surface area contributed by atoms with Crippen LogP contribution in [0.25, 0.3) is 0 Å². The van der Waals surface area contributed by atoms with E-state index in [9.17, 15) is 18.0 Å². The van der Waals surface area contributed by atoms with Crippen LogP contribution in [-0.2, 0) is 26.2 Å². The molecule has 0 saturated carbocycles. The summed E-state index contributed by atoms with van der Waals surface area (Å²) in [5.41, 5.74) is 1.06. The number of ether oxygens (including phenoxy) is 2. The van der Waals surface area contributed by atoms with Gasteiger partial charge < -0.3 is 19.7 Å². The van der Waals surface area contributed by atoms with Gasteiger partial charge in [-0.15, -0.1) is 0 Å². The van der Waals surface area contributed by atoms with Crippen LogP contribution in [0.2, 0.25) is 0 Å². The quantitative estimate of drug-likeness (QED) is 0.499. The van der Waals surface area contributed by atoms with Gasteiger partial charge in [-0.25, -0.2) is 8.42 Å². The highest BCUT2D eigenvalue weighted by Gasteiger charge is 2.31. The van der Waals surface area contributed by atoms with Crippen molar-refractivity contribution in [3.8, 4) is 11.5 Å². The van der Waals surface area contributed by atoms with Gasteiger partial charge in [0.25, 0.3) is 0 Å². The summed E-state index contributed by atoms with van der Waals surface area (Å²) >= 11 is 3.42. The van der Waals surface area contributed by atoms with Gasteiger partial charge in [-0.3, -0.25) is 13.9 Å². The standard InChI is InChI=1S/C24H30BrN3O6S/c1-16(2)26-24(30)17(3)27(14-18-6-5-7-19(25)12-18)23(29)15-28(35(4,31)32)20-8-9-21-22(13-20)34-11-10-33-21/h5-9,12-13,16-17H,10-11,14-15H2,1-4H3,(H,26,30)/t17-/m1/s1. The smallest absolute Gasteiger partial charge is 0.244 e. The molecule has 0 unspecified atom stereocenters. The van der Waals surface area contributed by atoms with Crippen LogP contribution in [0.1, 0.15) is 26.3 Å². The van der Waals surface area contributed by atoms with Crippen molar-refractivity contribution in [2.24, 2.45) is 0 Å². The number of hydrogen-bond acceptors (Lipinski definition) is 6. The second-order valence-corrected chi connectivity index (χ2v) is 11.4. The van der Waals surface area contributed by atoms with Gasteiger partial charge in [-0.1, -0.05) is 28.1 Å². The molecule has 2 amide bonds. The third-order valence-electron chi connectivity index (χ3n) is 5.33. The zero-order valence-corrected chi connectivity index (χ0v) is 22.6. The number of fused-ring (bicyclic) bond motifs is 1. The van der Waals surface area contributed by atoms with Crippen molar-refractivity contribution in [2.45, 2.75) is 39.4 Å². The van der Waals surface area contributed by atoms with Gasteiger partial charge in [-0.2, -0.15) is 0 Å². The summed E-state index contributed by atoms with van der Waals surface area (Å²) in [5, 5.41) is 2.82. The molecule has 0 fully saturated rings. The highest BCUT2D eigenvalue weighted by Crippen LogP contribution is 2.34. The summed E-state index contributed by atoms with van der Waals surface area (Å²) < 4.78 is 38.3. The number of hydrogen-bond donors (Lipinski definition) is 1.